The number of hydrogen-bond acceptors (Lipinski definition) is 4. The molecule has 0 saturated carbocycles. The molecule has 2 heterocycles. The summed E-state index contributed by atoms with van der Waals surface area (Å²) in [6.45, 7) is 2.51. The summed E-state index contributed by atoms with van der Waals surface area (Å²) >= 11 is 5.92. The Labute approximate surface area is 144 Å². The Morgan fingerprint density at radius 1 is 1.46 bits per heavy atom. The van der Waals surface area contributed by atoms with Crippen molar-refractivity contribution in [2.45, 2.75) is 32.5 Å². The Bertz CT molecular complexity index is 789. The van der Waals surface area contributed by atoms with Crippen molar-refractivity contribution in [2.24, 2.45) is 0 Å². The third-order valence-corrected chi connectivity index (χ3v) is 4.30. The highest BCUT2D eigenvalue weighted by atomic mass is 35.5. The predicted molar refractivity (Wildman–Crippen MR) is 88.2 cm³/mol. The van der Waals surface area contributed by atoms with Gasteiger partial charge in [-0.25, -0.2) is 4.68 Å². The van der Waals surface area contributed by atoms with Gasteiger partial charge in [-0.3, -0.25) is 9.59 Å². The van der Waals surface area contributed by atoms with E-state index in [0.29, 0.717) is 17.3 Å². The zero-order chi connectivity index (χ0) is 17.3. The van der Waals surface area contributed by atoms with E-state index >= 15 is 0 Å². The van der Waals surface area contributed by atoms with Crippen molar-refractivity contribution in [1.82, 2.24) is 25.2 Å². The zero-order valence-corrected chi connectivity index (χ0v) is 14.2. The van der Waals surface area contributed by atoms with Gasteiger partial charge >= 0.3 is 0 Å². The molecule has 0 aliphatic carbocycles. The van der Waals surface area contributed by atoms with Crippen LogP contribution in [-0.2, 0) is 29.1 Å². The molecule has 2 amide bonds. The van der Waals surface area contributed by atoms with Gasteiger partial charge in [0.15, 0.2) is 0 Å². The molecule has 0 bridgehead atoms. The number of hydrogen-bond donors (Lipinski definition) is 1. The normalized spacial score (nSPS) is 16.9. The molecule has 1 aromatic carbocycles. The first-order valence-corrected chi connectivity index (χ1v) is 8.02. The minimum absolute atomic E-state index is 0.00365. The molecule has 1 unspecified atom stereocenters. The molecule has 126 valence electrons. The maximum absolute atomic E-state index is 12.1. The van der Waals surface area contributed by atoms with Gasteiger partial charge in [0.05, 0.1) is 25.2 Å². The Kier molecular flexibility index (Phi) is 4.53. The van der Waals surface area contributed by atoms with Crippen LogP contribution in [0.15, 0.2) is 24.3 Å². The number of halogens is 1. The highest BCUT2D eigenvalue weighted by Gasteiger charge is 2.30. The second-order valence-corrected chi connectivity index (χ2v) is 6.32. The van der Waals surface area contributed by atoms with Crippen molar-refractivity contribution in [3.63, 3.8) is 0 Å². The van der Waals surface area contributed by atoms with Crippen LogP contribution in [-0.4, -0.2) is 38.8 Å². The number of rotatable bonds is 4. The Hall–Kier alpha value is -2.41. The third kappa shape index (κ3) is 3.26. The average molecular weight is 348 g/mol. The Morgan fingerprint density at radius 2 is 2.25 bits per heavy atom. The Balaban J connectivity index is 1.65. The van der Waals surface area contributed by atoms with Crippen molar-refractivity contribution < 1.29 is 9.59 Å². The highest BCUT2D eigenvalue weighted by molar-refractivity contribution is 6.30. The lowest BCUT2D eigenvalue weighted by atomic mass is 10.1. The fourth-order valence-electron chi connectivity index (χ4n) is 2.76. The number of carbonyl (C=O) groups is 2. The van der Waals surface area contributed by atoms with Gasteiger partial charge in [-0.2, -0.15) is 0 Å². The van der Waals surface area contributed by atoms with Crippen molar-refractivity contribution >= 4 is 23.4 Å². The summed E-state index contributed by atoms with van der Waals surface area (Å²) in [5.41, 5.74) is 2.39. The summed E-state index contributed by atoms with van der Waals surface area (Å²) in [5.74, 6) is -0.115. The molecule has 3 rings (SSSR count). The summed E-state index contributed by atoms with van der Waals surface area (Å²) in [5, 5.41) is 11.6. The van der Waals surface area contributed by atoms with Gasteiger partial charge in [0.1, 0.15) is 11.7 Å². The molecule has 0 fully saturated rings. The lowest BCUT2D eigenvalue weighted by Gasteiger charge is -2.28. The van der Waals surface area contributed by atoms with Crippen molar-refractivity contribution in [1.29, 1.82) is 0 Å². The quantitative estimate of drug-likeness (QED) is 0.904. The van der Waals surface area contributed by atoms with Crippen LogP contribution in [0.25, 0.3) is 0 Å². The highest BCUT2D eigenvalue weighted by Crippen LogP contribution is 2.21. The van der Waals surface area contributed by atoms with Gasteiger partial charge < -0.3 is 10.2 Å². The van der Waals surface area contributed by atoms with Crippen molar-refractivity contribution in [3.05, 3.63) is 46.2 Å². The van der Waals surface area contributed by atoms with Gasteiger partial charge in [-0.1, -0.05) is 28.9 Å². The molecular formula is C16H18ClN5O2. The van der Waals surface area contributed by atoms with E-state index in [1.54, 1.807) is 35.7 Å². The summed E-state index contributed by atoms with van der Waals surface area (Å²) < 4.78 is 1.63. The summed E-state index contributed by atoms with van der Waals surface area (Å²) in [6.07, 6.45) is 0.249. The minimum Gasteiger partial charge on any atom is -0.350 e. The number of aromatic nitrogens is 3. The number of likely N-dealkylation sites (N-methyl/N-ethyl adjacent to an activating group) is 1. The van der Waals surface area contributed by atoms with Crippen LogP contribution < -0.4 is 5.32 Å². The van der Waals surface area contributed by atoms with Crippen LogP contribution in [0.3, 0.4) is 0 Å². The number of carbonyl (C=O) groups excluding carboxylic acids is 2. The van der Waals surface area contributed by atoms with Crippen LogP contribution in [0, 0.1) is 0 Å². The molecule has 1 atom stereocenters. The molecule has 1 aromatic heterocycles. The molecular weight excluding hydrogens is 330 g/mol. The molecule has 2 aromatic rings. The van der Waals surface area contributed by atoms with E-state index in [0.717, 1.165) is 11.3 Å². The molecule has 0 spiro atoms. The topological polar surface area (TPSA) is 80.1 Å². The van der Waals surface area contributed by atoms with Crippen molar-refractivity contribution in [3.8, 4) is 0 Å². The monoisotopic (exact) mass is 347 g/mol. The van der Waals surface area contributed by atoms with Gasteiger partial charge in [0.2, 0.25) is 11.8 Å². The summed E-state index contributed by atoms with van der Waals surface area (Å²) in [4.78, 5) is 25.7. The van der Waals surface area contributed by atoms with Crippen LogP contribution in [0.5, 0.6) is 0 Å². The molecule has 24 heavy (non-hydrogen) atoms. The molecule has 7 nitrogen and oxygen atoms in total. The molecule has 0 radical (unpaired) electrons. The number of benzene rings is 1. The first-order chi connectivity index (χ1) is 11.5. The van der Waals surface area contributed by atoms with E-state index in [2.05, 4.69) is 15.6 Å². The lowest BCUT2D eigenvalue weighted by molar-refractivity contribution is -0.135. The SMILES string of the molecule is CC1C(=O)N(C)Cc2c(CNC(=O)Cc3cccc(Cl)c3)nnn21. The van der Waals surface area contributed by atoms with Gasteiger partial charge in [0, 0.05) is 12.1 Å². The minimum atomic E-state index is -0.373. The van der Waals surface area contributed by atoms with Gasteiger partial charge in [-0.15, -0.1) is 5.10 Å². The lowest BCUT2D eigenvalue weighted by Crippen LogP contribution is -2.39. The van der Waals surface area contributed by atoms with E-state index in [9.17, 15) is 9.59 Å². The second kappa shape index (κ2) is 6.60. The Morgan fingerprint density at radius 3 is 3.00 bits per heavy atom. The number of nitrogens with one attached hydrogen (secondary N) is 1. The zero-order valence-electron chi connectivity index (χ0n) is 13.5. The number of amides is 2. The maximum atomic E-state index is 12.1. The van der Waals surface area contributed by atoms with E-state index in [4.69, 9.17) is 11.6 Å². The van der Waals surface area contributed by atoms with Crippen LogP contribution in [0.1, 0.15) is 29.9 Å². The second-order valence-electron chi connectivity index (χ2n) is 5.88. The van der Waals surface area contributed by atoms with Gasteiger partial charge in [-0.05, 0) is 24.6 Å². The maximum Gasteiger partial charge on any atom is 0.247 e. The van der Waals surface area contributed by atoms with Gasteiger partial charge in [0.25, 0.3) is 0 Å². The van der Waals surface area contributed by atoms with E-state index < -0.39 is 0 Å². The largest absolute Gasteiger partial charge is 0.350 e. The standard InChI is InChI=1S/C16H18ClN5O2/c1-10-16(24)21(2)9-14-13(19-20-22(10)14)8-18-15(23)7-11-4-3-5-12(17)6-11/h3-6,10H,7-9H2,1-2H3,(H,18,23). The van der Waals surface area contributed by atoms with Crippen LogP contribution >= 0.6 is 11.6 Å². The van der Waals surface area contributed by atoms with E-state index in [-0.39, 0.29) is 30.8 Å². The predicted octanol–water partition coefficient (Wildman–Crippen LogP) is 1.32. The molecule has 1 aliphatic heterocycles. The number of nitrogens with zero attached hydrogens (tertiary/aromatic N) is 4. The molecule has 1 N–H and O–H groups in total. The smallest absolute Gasteiger partial charge is 0.247 e. The fraction of sp³-hybridized carbons (Fsp3) is 0.375. The first-order valence-electron chi connectivity index (χ1n) is 7.64. The molecule has 1 aliphatic rings. The fourth-order valence-corrected chi connectivity index (χ4v) is 2.97. The molecule has 8 heteroatoms. The average Bonchev–Trinajstić information content (AvgIpc) is 2.94. The summed E-state index contributed by atoms with van der Waals surface area (Å²) in [6, 6.07) is 6.83. The third-order valence-electron chi connectivity index (χ3n) is 4.07. The number of fused-ring (bicyclic) bond motifs is 1. The molecule has 0 saturated heterocycles. The summed E-state index contributed by atoms with van der Waals surface area (Å²) in [7, 11) is 1.75. The first kappa shape index (κ1) is 16.4. The van der Waals surface area contributed by atoms with Crippen LogP contribution in [0.2, 0.25) is 5.02 Å². The van der Waals surface area contributed by atoms with Crippen molar-refractivity contribution in [2.75, 3.05) is 7.05 Å². The van der Waals surface area contributed by atoms with E-state index in [1.807, 2.05) is 12.1 Å². The van der Waals surface area contributed by atoms with Crippen LogP contribution in [0.4, 0.5) is 0 Å². The van der Waals surface area contributed by atoms with E-state index in [1.165, 1.54) is 0 Å².